The average Bonchev–Trinajstić information content (AvgIpc) is 2.49. The Morgan fingerprint density at radius 1 is 0.727 bits per heavy atom. The van der Waals surface area contributed by atoms with Gasteiger partial charge in [0.25, 0.3) is 0 Å². The summed E-state index contributed by atoms with van der Waals surface area (Å²) in [5.41, 5.74) is 2.96. The molecule has 0 bridgehead atoms. The number of nitrogens with zero attached hydrogens (tertiary/aromatic N) is 1. The standard InChI is InChI=1S/C21H38N/c1-6-7-8-9-10-11-12-13-14-22-16-20(18(2)3)15-21(17-22)19(4)5/h15-19H,6-14H2,1-5H3/q+1. The van der Waals surface area contributed by atoms with Gasteiger partial charge in [0, 0.05) is 17.5 Å². The molecule has 0 amide bonds. The first-order valence-corrected chi connectivity index (χ1v) is 9.58. The van der Waals surface area contributed by atoms with Crippen LogP contribution < -0.4 is 4.57 Å². The van der Waals surface area contributed by atoms with E-state index in [1.165, 1.54) is 69.0 Å². The smallest absolute Gasteiger partial charge is 0.172 e. The number of aromatic nitrogens is 1. The van der Waals surface area contributed by atoms with Crippen LogP contribution in [0.5, 0.6) is 0 Å². The van der Waals surface area contributed by atoms with Crippen molar-refractivity contribution < 1.29 is 4.57 Å². The molecule has 1 rings (SSSR count). The van der Waals surface area contributed by atoms with Crippen molar-refractivity contribution in [2.45, 2.75) is 104 Å². The van der Waals surface area contributed by atoms with Gasteiger partial charge in [-0.3, -0.25) is 0 Å². The molecule has 1 heteroatoms. The summed E-state index contributed by atoms with van der Waals surface area (Å²) in [5, 5.41) is 0. The summed E-state index contributed by atoms with van der Waals surface area (Å²) in [4.78, 5) is 0. The van der Waals surface area contributed by atoms with E-state index in [1.807, 2.05) is 0 Å². The third kappa shape index (κ3) is 7.42. The molecule has 1 heterocycles. The van der Waals surface area contributed by atoms with Crippen LogP contribution in [0, 0.1) is 0 Å². The summed E-state index contributed by atoms with van der Waals surface area (Å²) < 4.78 is 2.43. The van der Waals surface area contributed by atoms with Crippen LogP contribution in [-0.2, 0) is 6.54 Å². The first-order valence-electron chi connectivity index (χ1n) is 9.58. The number of unbranched alkanes of at least 4 members (excludes halogenated alkanes) is 7. The van der Waals surface area contributed by atoms with E-state index >= 15 is 0 Å². The Labute approximate surface area is 139 Å². The zero-order valence-electron chi connectivity index (χ0n) is 15.7. The Morgan fingerprint density at radius 2 is 1.18 bits per heavy atom. The van der Waals surface area contributed by atoms with Crippen molar-refractivity contribution in [2.75, 3.05) is 0 Å². The highest BCUT2D eigenvalue weighted by atomic mass is 14.9. The van der Waals surface area contributed by atoms with Crippen LogP contribution in [0.4, 0.5) is 0 Å². The lowest BCUT2D eigenvalue weighted by Gasteiger charge is -2.10. The second-order valence-corrected chi connectivity index (χ2v) is 7.42. The van der Waals surface area contributed by atoms with Crippen LogP contribution in [0.15, 0.2) is 18.5 Å². The van der Waals surface area contributed by atoms with Gasteiger partial charge >= 0.3 is 0 Å². The predicted octanol–water partition coefficient (Wildman–Crippen LogP) is 6.36. The van der Waals surface area contributed by atoms with E-state index in [0.29, 0.717) is 11.8 Å². The van der Waals surface area contributed by atoms with Crippen molar-refractivity contribution in [2.24, 2.45) is 0 Å². The van der Waals surface area contributed by atoms with Crippen LogP contribution in [0.25, 0.3) is 0 Å². The largest absolute Gasteiger partial charge is 0.205 e. The molecular formula is C21H38N+. The van der Waals surface area contributed by atoms with Gasteiger partial charge in [-0.25, -0.2) is 4.57 Å². The van der Waals surface area contributed by atoms with E-state index in [9.17, 15) is 0 Å². The minimum absolute atomic E-state index is 0.614. The number of pyridine rings is 1. The van der Waals surface area contributed by atoms with Gasteiger partial charge < -0.3 is 0 Å². The number of hydrogen-bond acceptors (Lipinski definition) is 0. The molecule has 22 heavy (non-hydrogen) atoms. The Bertz CT molecular complexity index is 380. The molecule has 1 aromatic heterocycles. The van der Waals surface area contributed by atoms with E-state index in [4.69, 9.17) is 0 Å². The van der Waals surface area contributed by atoms with E-state index in [-0.39, 0.29) is 0 Å². The van der Waals surface area contributed by atoms with E-state index in [2.05, 4.69) is 57.6 Å². The summed E-state index contributed by atoms with van der Waals surface area (Å²) >= 11 is 0. The highest BCUT2D eigenvalue weighted by Gasteiger charge is 2.12. The third-order valence-electron chi connectivity index (χ3n) is 4.57. The molecule has 0 saturated heterocycles. The molecule has 0 aromatic carbocycles. The first kappa shape index (κ1) is 19.2. The van der Waals surface area contributed by atoms with Crippen molar-refractivity contribution in [3.63, 3.8) is 0 Å². The van der Waals surface area contributed by atoms with Crippen molar-refractivity contribution in [3.8, 4) is 0 Å². The molecule has 0 atom stereocenters. The van der Waals surface area contributed by atoms with Gasteiger partial charge in [0.1, 0.15) is 6.54 Å². The summed E-state index contributed by atoms with van der Waals surface area (Å²) in [7, 11) is 0. The molecule has 0 aliphatic heterocycles. The maximum absolute atomic E-state index is 2.43. The zero-order chi connectivity index (χ0) is 16.4. The van der Waals surface area contributed by atoms with Gasteiger partial charge in [-0.1, -0.05) is 73.1 Å². The second-order valence-electron chi connectivity index (χ2n) is 7.42. The minimum atomic E-state index is 0.614. The maximum Gasteiger partial charge on any atom is 0.172 e. The van der Waals surface area contributed by atoms with Gasteiger partial charge in [-0.2, -0.15) is 0 Å². The quantitative estimate of drug-likeness (QED) is 0.331. The summed E-state index contributed by atoms with van der Waals surface area (Å²) in [6, 6.07) is 2.39. The van der Waals surface area contributed by atoms with Crippen molar-refractivity contribution >= 4 is 0 Å². The Morgan fingerprint density at radius 3 is 1.64 bits per heavy atom. The lowest BCUT2D eigenvalue weighted by atomic mass is 9.98. The SMILES string of the molecule is CCCCCCCCCC[n+]1cc(C(C)C)cc(C(C)C)c1. The predicted molar refractivity (Wildman–Crippen MR) is 97.4 cm³/mol. The van der Waals surface area contributed by atoms with Gasteiger partial charge in [-0.05, 0) is 24.3 Å². The molecular weight excluding hydrogens is 266 g/mol. The van der Waals surface area contributed by atoms with Crippen molar-refractivity contribution in [3.05, 3.63) is 29.6 Å². The second kappa shape index (κ2) is 10.8. The fourth-order valence-corrected chi connectivity index (χ4v) is 2.88. The van der Waals surface area contributed by atoms with Gasteiger partial charge in [0.05, 0.1) is 0 Å². The minimum Gasteiger partial charge on any atom is -0.205 e. The lowest BCUT2D eigenvalue weighted by Crippen LogP contribution is -2.34. The Kier molecular flexibility index (Phi) is 9.43. The number of hydrogen-bond donors (Lipinski definition) is 0. The summed E-state index contributed by atoms with van der Waals surface area (Å²) in [6.07, 6.45) is 15.9. The van der Waals surface area contributed by atoms with Crippen LogP contribution >= 0.6 is 0 Å². The highest BCUT2D eigenvalue weighted by molar-refractivity contribution is 5.20. The number of aryl methyl sites for hydroxylation is 1. The van der Waals surface area contributed by atoms with Gasteiger partial charge in [-0.15, -0.1) is 0 Å². The molecule has 1 aromatic rings. The van der Waals surface area contributed by atoms with Gasteiger partial charge in [0.2, 0.25) is 0 Å². The summed E-state index contributed by atoms with van der Waals surface area (Å²) in [5.74, 6) is 1.23. The number of rotatable bonds is 11. The summed E-state index contributed by atoms with van der Waals surface area (Å²) in [6.45, 7) is 12.6. The van der Waals surface area contributed by atoms with Crippen molar-refractivity contribution in [1.29, 1.82) is 0 Å². The third-order valence-corrected chi connectivity index (χ3v) is 4.57. The normalized spacial score (nSPS) is 11.6. The maximum atomic E-state index is 2.43. The Hall–Kier alpha value is -0.850. The van der Waals surface area contributed by atoms with Crippen LogP contribution in [-0.4, -0.2) is 0 Å². The molecule has 0 spiro atoms. The van der Waals surface area contributed by atoms with E-state index in [1.54, 1.807) is 0 Å². The molecule has 1 nitrogen and oxygen atoms in total. The molecule has 0 saturated carbocycles. The molecule has 126 valence electrons. The average molecular weight is 305 g/mol. The van der Waals surface area contributed by atoms with Crippen molar-refractivity contribution in [1.82, 2.24) is 0 Å². The first-order chi connectivity index (χ1) is 10.5. The van der Waals surface area contributed by atoms with Gasteiger partial charge in [0.15, 0.2) is 12.4 Å². The topological polar surface area (TPSA) is 3.88 Å². The molecule has 0 fully saturated rings. The molecule has 0 radical (unpaired) electrons. The molecule has 0 unspecified atom stereocenters. The molecule has 0 N–H and O–H groups in total. The molecule has 0 aliphatic carbocycles. The van der Waals surface area contributed by atoms with Crippen LogP contribution in [0.3, 0.4) is 0 Å². The van der Waals surface area contributed by atoms with Crippen LogP contribution in [0.1, 0.15) is 109 Å². The Balaban J connectivity index is 2.38. The fraction of sp³-hybridized carbons (Fsp3) is 0.762. The van der Waals surface area contributed by atoms with E-state index < -0.39 is 0 Å². The molecule has 0 aliphatic rings. The lowest BCUT2D eigenvalue weighted by molar-refractivity contribution is -0.698. The van der Waals surface area contributed by atoms with E-state index in [0.717, 1.165) is 0 Å². The fourth-order valence-electron chi connectivity index (χ4n) is 2.88. The van der Waals surface area contributed by atoms with Crippen LogP contribution in [0.2, 0.25) is 0 Å². The monoisotopic (exact) mass is 304 g/mol. The highest BCUT2D eigenvalue weighted by Crippen LogP contribution is 2.19. The zero-order valence-corrected chi connectivity index (χ0v) is 15.7.